The molecular weight excluding hydrogens is 865 g/mol. The Morgan fingerprint density at radius 2 is 1.37 bits per heavy atom. The SMILES string of the molecule is C=C(CCC=O)N(CCCCCCNC)CCCOC(=O)C(C)(C(C)(C)C)C(C)(C)C(C)(C)C(C)(CC(C)(C)C(C)CCCC)C(=O)OCCOC(=O)C(C)S.C=Cc1ccccc1C(=O)O. The van der Waals surface area contributed by atoms with E-state index in [1.165, 1.54) is 6.08 Å². The Kier molecular flexibility index (Phi) is 27.8. The fourth-order valence-corrected chi connectivity index (χ4v) is 9.18. The molecule has 11 nitrogen and oxygen atoms in total. The van der Waals surface area contributed by atoms with Crippen molar-refractivity contribution in [3.05, 3.63) is 54.2 Å². The smallest absolute Gasteiger partial charge is 0.336 e. The molecule has 2 N–H and O–H groups in total. The van der Waals surface area contributed by atoms with E-state index in [0.29, 0.717) is 49.3 Å². The van der Waals surface area contributed by atoms with Crippen molar-refractivity contribution in [2.75, 3.05) is 46.5 Å². The van der Waals surface area contributed by atoms with Gasteiger partial charge in [0.15, 0.2) is 0 Å². The lowest BCUT2D eigenvalue weighted by Crippen LogP contribution is -2.63. The molecule has 1 aromatic carbocycles. The maximum atomic E-state index is 14.7. The number of aldehydes is 1. The largest absolute Gasteiger partial charge is 0.478 e. The molecule has 0 spiro atoms. The number of thiol groups is 1. The second-order valence-electron chi connectivity index (χ2n) is 21.5. The van der Waals surface area contributed by atoms with Crippen LogP contribution in [0.4, 0.5) is 0 Å². The first-order valence-electron chi connectivity index (χ1n) is 24.7. The number of allylic oxidation sites excluding steroid dienone is 1. The number of carbonyl (C=O) groups excluding carboxylic acids is 4. The van der Waals surface area contributed by atoms with Gasteiger partial charge in [0.1, 0.15) is 19.5 Å². The number of benzene rings is 1. The van der Waals surface area contributed by atoms with Crippen molar-refractivity contribution < 1.29 is 43.3 Å². The number of nitrogens with zero attached hydrogens (tertiary/aromatic N) is 1. The van der Waals surface area contributed by atoms with E-state index in [2.05, 4.69) is 112 Å². The van der Waals surface area contributed by atoms with Crippen LogP contribution in [0.25, 0.3) is 6.08 Å². The normalized spacial score (nSPS) is 14.7. The number of unbranched alkanes of at least 4 members (excludes halogenated alkanes) is 4. The van der Waals surface area contributed by atoms with Gasteiger partial charge in [-0.2, -0.15) is 12.6 Å². The van der Waals surface area contributed by atoms with Crippen LogP contribution in [0.15, 0.2) is 43.1 Å². The molecule has 12 heteroatoms. The van der Waals surface area contributed by atoms with Gasteiger partial charge in [0.2, 0.25) is 0 Å². The average molecular weight is 959 g/mol. The fourth-order valence-electron chi connectivity index (χ4n) is 9.11. The van der Waals surface area contributed by atoms with E-state index in [1.807, 2.05) is 20.9 Å². The standard InChI is InChI=1S/C46H86N2O7S.C9H8O2/c1-17-18-25-35(2)42(8,9)34-45(14,39(51)55-33-32-53-38(50)37(4)56)43(10,11)44(12,13)46(15,41(5,6)7)40(52)54-31-24-29-48(36(3)26-23-30-49)28-22-20-19-21-27-47-16;1-2-7-5-3-4-6-8(7)9(10)11/h30,35,37,47,56H,3,17-29,31-34H2,1-2,4-16H3;2-6H,1H2,(H,10,11). The van der Waals surface area contributed by atoms with Gasteiger partial charge in [-0.25, -0.2) is 4.79 Å². The van der Waals surface area contributed by atoms with Crippen molar-refractivity contribution in [1.82, 2.24) is 10.2 Å². The van der Waals surface area contributed by atoms with Gasteiger partial charge < -0.3 is 34.3 Å². The van der Waals surface area contributed by atoms with Gasteiger partial charge in [0.05, 0.1) is 28.3 Å². The van der Waals surface area contributed by atoms with Crippen LogP contribution in [0, 0.1) is 38.4 Å². The number of carbonyl (C=O) groups is 5. The first kappa shape index (κ1) is 63.4. The molecule has 0 fully saturated rings. The van der Waals surface area contributed by atoms with E-state index in [1.54, 1.807) is 31.2 Å². The number of esters is 3. The molecule has 0 aliphatic rings. The Bertz CT molecular complexity index is 1710. The molecule has 384 valence electrons. The molecule has 0 saturated heterocycles. The molecule has 67 heavy (non-hydrogen) atoms. The lowest BCUT2D eigenvalue weighted by molar-refractivity contribution is -0.209. The molecule has 0 amide bonds. The minimum absolute atomic E-state index is 0.0593. The molecule has 4 unspecified atom stereocenters. The van der Waals surface area contributed by atoms with Gasteiger partial charge >= 0.3 is 23.9 Å². The number of hydrogen-bond donors (Lipinski definition) is 3. The third-order valence-electron chi connectivity index (χ3n) is 15.4. The van der Waals surface area contributed by atoms with Crippen molar-refractivity contribution in [1.29, 1.82) is 0 Å². The zero-order valence-electron chi connectivity index (χ0n) is 44.7. The zero-order chi connectivity index (χ0) is 51.9. The summed E-state index contributed by atoms with van der Waals surface area (Å²) in [6.07, 6.45) is 12.4. The molecule has 0 aliphatic heterocycles. The van der Waals surface area contributed by atoms with Gasteiger partial charge in [0.25, 0.3) is 0 Å². The molecule has 1 aromatic rings. The monoisotopic (exact) mass is 959 g/mol. The summed E-state index contributed by atoms with van der Waals surface area (Å²) in [6, 6.07) is 6.75. The highest BCUT2D eigenvalue weighted by molar-refractivity contribution is 7.81. The summed E-state index contributed by atoms with van der Waals surface area (Å²) in [4.78, 5) is 65.3. The summed E-state index contributed by atoms with van der Waals surface area (Å²) in [5, 5.41) is 11.3. The van der Waals surface area contributed by atoms with Crippen LogP contribution in [0.2, 0.25) is 0 Å². The van der Waals surface area contributed by atoms with Crippen LogP contribution in [0.3, 0.4) is 0 Å². The second kappa shape index (κ2) is 29.4. The fraction of sp³-hybridized carbons (Fsp3) is 0.727. The predicted octanol–water partition coefficient (Wildman–Crippen LogP) is 12.3. The number of carboxylic acids is 1. The second-order valence-corrected chi connectivity index (χ2v) is 22.3. The molecule has 0 aromatic heterocycles. The first-order chi connectivity index (χ1) is 31.0. The van der Waals surface area contributed by atoms with Gasteiger partial charge in [-0.1, -0.05) is 146 Å². The Morgan fingerprint density at radius 1 is 0.806 bits per heavy atom. The third kappa shape index (κ3) is 18.3. The summed E-state index contributed by atoms with van der Waals surface area (Å²) in [5.74, 6) is -1.72. The van der Waals surface area contributed by atoms with E-state index < -0.39 is 44.3 Å². The van der Waals surface area contributed by atoms with Crippen molar-refractivity contribution in [2.24, 2.45) is 38.4 Å². The van der Waals surface area contributed by atoms with Crippen molar-refractivity contribution in [3.63, 3.8) is 0 Å². The van der Waals surface area contributed by atoms with Crippen LogP contribution in [-0.4, -0.2) is 91.9 Å². The zero-order valence-corrected chi connectivity index (χ0v) is 45.6. The summed E-state index contributed by atoms with van der Waals surface area (Å²) in [6.45, 7) is 39.6. The summed E-state index contributed by atoms with van der Waals surface area (Å²) < 4.78 is 17.5. The highest BCUT2D eigenvalue weighted by Gasteiger charge is 2.67. The number of hydrogen-bond acceptors (Lipinski definition) is 11. The highest BCUT2D eigenvalue weighted by Crippen LogP contribution is 2.66. The molecule has 0 saturated carbocycles. The van der Waals surface area contributed by atoms with Gasteiger partial charge in [-0.05, 0) is 106 Å². The van der Waals surface area contributed by atoms with Crippen molar-refractivity contribution in [2.45, 2.75) is 173 Å². The minimum Gasteiger partial charge on any atom is -0.478 e. The Morgan fingerprint density at radius 3 is 1.90 bits per heavy atom. The lowest BCUT2D eigenvalue weighted by Gasteiger charge is -2.62. The van der Waals surface area contributed by atoms with Crippen LogP contribution < -0.4 is 5.32 Å². The van der Waals surface area contributed by atoms with E-state index in [9.17, 15) is 24.0 Å². The van der Waals surface area contributed by atoms with Crippen molar-refractivity contribution >= 4 is 48.9 Å². The number of aromatic carboxylic acids is 1. The average Bonchev–Trinajstić information content (AvgIpc) is 3.26. The Labute approximate surface area is 412 Å². The number of ether oxygens (including phenoxy) is 3. The number of nitrogens with one attached hydrogen (secondary N) is 1. The van der Waals surface area contributed by atoms with Gasteiger partial charge in [-0.15, -0.1) is 0 Å². The molecule has 0 radical (unpaired) electrons. The van der Waals surface area contributed by atoms with E-state index in [0.717, 1.165) is 70.0 Å². The Balaban J connectivity index is 0.00000343. The van der Waals surface area contributed by atoms with Gasteiger partial charge in [0, 0.05) is 25.2 Å². The van der Waals surface area contributed by atoms with Crippen molar-refractivity contribution in [3.8, 4) is 0 Å². The van der Waals surface area contributed by atoms with E-state index in [-0.39, 0.29) is 37.2 Å². The molecule has 0 aliphatic carbocycles. The topological polar surface area (TPSA) is 149 Å². The first-order valence-corrected chi connectivity index (χ1v) is 25.2. The summed E-state index contributed by atoms with van der Waals surface area (Å²) in [7, 11) is 1.97. The number of rotatable bonds is 32. The number of carboxylic acid groups (broad SMARTS) is 1. The maximum absolute atomic E-state index is 14.7. The van der Waals surface area contributed by atoms with Crippen LogP contribution in [0.1, 0.15) is 183 Å². The van der Waals surface area contributed by atoms with Crippen LogP contribution >= 0.6 is 12.6 Å². The molecule has 0 heterocycles. The molecule has 1 rings (SSSR count). The van der Waals surface area contributed by atoms with Crippen LogP contribution in [-0.2, 0) is 33.4 Å². The quantitative estimate of drug-likeness (QED) is 0.0208. The maximum Gasteiger partial charge on any atom is 0.336 e. The predicted molar refractivity (Wildman–Crippen MR) is 278 cm³/mol. The lowest BCUT2D eigenvalue weighted by atomic mass is 9.40. The van der Waals surface area contributed by atoms with Gasteiger partial charge in [-0.3, -0.25) is 14.4 Å². The Hall–Kier alpha value is -3.64. The highest BCUT2D eigenvalue weighted by atomic mass is 32.1. The van der Waals surface area contributed by atoms with E-state index in [4.69, 9.17) is 19.3 Å². The summed E-state index contributed by atoms with van der Waals surface area (Å²) in [5.41, 5.74) is -2.61. The van der Waals surface area contributed by atoms with E-state index >= 15 is 0 Å². The summed E-state index contributed by atoms with van der Waals surface area (Å²) >= 11 is 4.15. The molecule has 0 bridgehead atoms. The molecule has 4 atom stereocenters. The minimum atomic E-state index is -1.05. The third-order valence-corrected chi connectivity index (χ3v) is 15.6. The van der Waals surface area contributed by atoms with Crippen LogP contribution in [0.5, 0.6) is 0 Å². The molecular formula is C55H94N2O9S.